The number of rotatable bonds is 5. The number of hydrogen-bond donors (Lipinski definition) is 2. The van der Waals surface area contributed by atoms with Gasteiger partial charge in [0, 0.05) is 13.5 Å². The highest BCUT2D eigenvalue weighted by atomic mass is 16.1. The van der Waals surface area contributed by atoms with Crippen LogP contribution in [-0.4, -0.2) is 17.4 Å². The second-order valence-electron chi connectivity index (χ2n) is 4.22. The number of aromatic nitrogens is 1. The zero-order valence-corrected chi connectivity index (χ0v) is 10.1. The summed E-state index contributed by atoms with van der Waals surface area (Å²) in [4.78, 5) is 15.0. The molecule has 88 valence electrons. The Hall–Kier alpha value is -1.58. The summed E-state index contributed by atoms with van der Waals surface area (Å²) >= 11 is 0. The SMILES string of the molecule is CC(=O)Nc1ccc(NCCC(C)C)nc1. The van der Waals surface area contributed by atoms with E-state index in [1.807, 2.05) is 12.1 Å². The molecule has 2 N–H and O–H groups in total. The third-order valence-electron chi connectivity index (χ3n) is 2.11. The fourth-order valence-corrected chi connectivity index (χ4v) is 1.26. The van der Waals surface area contributed by atoms with E-state index in [2.05, 4.69) is 29.5 Å². The highest BCUT2D eigenvalue weighted by Gasteiger charge is 1.98. The van der Waals surface area contributed by atoms with Crippen LogP contribution in [0.4, 0.5) is 11.5 Å². The van der Waals surface area contributed by atoms with Crippen LogP contribution in [0.5, 0.6) is 0 Å². The standard InChI is InChI=1S/C12H19N3O/c1-9(2)6-7-13-12-5-4-11(8-14-12)15-10(3)16/h4-5,8-9H,6-7H2,1-3H3,(H,13,14)(H,15,16). The predicted octanol–water partition coefficient (Wildman–Crippen LogP) is 2.50. The van der Waals surface area contributed by atoms with E-state index in [1.165, 1.54) is 6.92 Å². The van der Waals surface area contributed by atoms with Crippen LogP contribution in [0.1, 0.15) is 27.2 Å². The molecular formula is C12H19N3O. The van der Waals surface area contributed by atoms with E-state index in [0.29, 0.717) is 5.92 Å². The van der Waals surface area contributed by atoms with Gasteiger partial charge in [0.05, 0.1) is 11.9 Å². The molecule has 0 radical (unpaired) electrons. The molecule has 0 saturated carbocycles. The Labute approximate surface area is 96.5 Å². The maximum atomic E-state index is 10.8. The minimum absolute atomic E-state index is 0.0812. The van der Waals surface area contributed by atoms with Crippen molar-refractivity contribution in [3.63, 3.8) is 0 Å². The van der Waals surface area contributed by atoms with Gasteiger partial charge in [-0.2, -0.15) is 0 Å². The average molecular weight is 221 g/mol. The smallest absolute Gasteiger partial charge is 0.221 e. The van der Waals surface area contributed by atoms with E-state index < -0.39 is 0 Å². The number of anilines is 2. The Bertz CT molecular complexity index is 333. The van der Waals surface area contributed by atoms with Gasteiger partial charge in [-0.25, -0.2) is 4.98 Å². The van der Waals surface area contributed by atoms with Gasteiger partial charge in [0.25, 0.3) is 0 Å². The third-order valence-corrected chi connectivity index (χ3v) is 2.11. The maximum absolute atomic E-state index is 10.8. The van der Waals surface area contributed by atoms with Crippen LogP contribution >= 0.6 is 0 Å². The van der Waals surface area contributed by atoms with Crippen molar-refractivity contribution in [3.8, 4) is 0 Å². The van der Waals surface area contributed by atoms with Crippen molar-refractivity contribution in [1.82, 2.24) is 4.98 Å². The molecule has 4 heteroatoms. The lowest BCUT2D eigenvalue weighted by Gasteiger charge is -2.08. The van der Waals surface area contributed by atoms with Crippen molar-refractivity contribution in [2.24, 2.45) is 5.92 Å². The first-order valence-electron chi connectivity index (χ1n) is 5.55. The summed E-state index contributed by atoms with van der Waals surface area (Å²) in [5, 5.41) is 5.91. The molecule has 0 aliphatic heterocycles. The number of hydrogen-bond acceptors (Lipinski definition) is 3. The molecule has 16 heavy (non-hydrogen) atoms. The zero-order chi connectivity index (χ0) is 12.0. The molecule has 0 unspecified atom stereocenters. The van der Waals surface area contributed by atoms with Gasteiger partial charge in [0.15, 0.2) is 0 Å². The Balaban J connectivity index is 2.42. The fraction of sp³-hybridized carbons (Fsp3) is 0.500. The number of nitrogens with one attached hydrogen (secondary N) is 2. The van der Waals surface area contributed by atoms with Crippen LogP contribution < -0.4 is 10.6 Å². The Morgan fingerprint density at radius 2 is 2.19 bits per heavy atom. The topological polar surface area (TPSA) is 54.0 Å². The van der Waals surface area contributed by atoms with Crippen molar-refractivity contribution in [1.29, 1.82) is 0 Å². The molecule has 1 rings (SSSR count). The van der Waals surface area contributed by atoms with Crippen molar-refractivity contribution >= 4 is 17.4 Å². The molecular weight excluding hydrogens is 202 g/mol. The van der Waals surface area contributed by atoms with E-state index in [1.54, 1.807) is 6.20 Å². The molecule has 1 aromatic heterocycles. The van der Waals surface area contributed by atoms with Crippen LogP contribution in [0.3, 0.4) is 0 Å². The zero-order valence-electron chi connectivity index (χ0n) is 10.1. The summed E-state index contributed by atoms with van der Waals surface area (Å²) in [5.41, 5.74) is 0.724. The van der Waals surface area contributed by atoms with Crippen LogP contribution in [0.15, 0.2) is 18.3 Å². The predicted molar refractivity (Wildman–Crippen MR) is 66.5 cm³/mol. The minimum atomic E-state index is -0.0812. The lowest BCUT2D eigenvalue weighted by molar-refractivity contribution is -0.114. The number of carbonyl (C=O) groups excluding carboxylic acids is 1. The molecule has 0 spiro atoms. The first kappa shape index (κ1) is 12.5. The van der Waals surface area contributed by atoms with Gasteiger partial charge in [-0.05, 0) is 24.5 Å². The Morgan fingerprint density at radius 1 is 1.44 bits per heavy atom. The van der Waals surface area contributed by atoms with Gasteiger partial charge in [-0.15, -0.1) is 0 Å². The summed E-state index contributed by atoms with van der Waals surface area (Å²) in [6, 6.07) is 3.71. The van der Waals surface area contributed by atoms with Crippen LogP contribution in [0.25, 0.3) is 0 Å². The van der Waals surface area contributed by atoms with Crippen molar-refractivity contribution in [3.05, 3.63) is 18.3 Å². The van der Waals surface area contributed by atoms with Gasteiger partial charge >= 0.3 is 0 Å². The second kappa shape index (κ2) is 6.10. The van der Waals surface area contributed by atoms with Gasteiger partial charge in [0.1, 0.15) is 5.82 Å². The quantitative estimate of drug-likeness (QED) is 0.803. The summed E-state index contributed by atoms with van der Waals surface area (Å²) in [6.07, 6.45) is 2.77. The summed E-state index contributed by atoms with van der Waals surface area (Å²) in [5.74, 6) is 1.45. The average Bonchev–Trinajstić information content (AvgIpc) is 2.19. The number of pyridine rings is 1. The minimum Gasteiger partial charge on any atom is -0.370 e. The lowest BCUT2D eigenvalue weighted by Crippen LogP contribution is -2.08. The Kier molecular flexibility index (Phi) is 4.76. The second-order valence-corrected chi connectivity index (χ2v) is 4.22. The fourth-order valence-electron chi connectivity index (χ4n) is 1.26. The normalized spacial score (nSPS) is 10.2. The van der Waals surface area contributed by atoms with E-state index in [0.717, 1.165) is 24.5 Å². The molecule has 1 heterocycles. The summed E-state index contributed by atoms with van der Waals surface area (Å²) in [6.45, 7) is 6.78. The molecule has 1 amide bonds. The summed E-state index contributed by atoms with van der Waals surface area (Å²) < 4.78 is 0. The highest BCUT2D eigenvalue weighted by molar-refractivity contribution is 5.88. The Morgan fingerprint density at radius 3 is 2.69 bits per heavy atom. The molecule has 4 nitrogen and oxygen atoms in total. The summed E-state index contributed by atoms with van der Waals surface area (Å²) in [7, 11) is 0. The van der Waals surface area contributed by atoms with Crippen LogP contribution in [0.2, 0.25) is 0 Å². The lowest BCUT2D eigenvalue weighted by atomic mass is 10.1. The largest absolute Gasteiger partial charge is 0.370 e. The van der Waals surface area contributed by atoms with Crippen LogP contribution in [0, 0.1) is 5.92 Å². The first-order chi connectivity index (χ1) is 7.58. The molecule has 0 fully saturated rings. The van der Waals surface area contributed by atoms with Gasteiger partial charge in [0.2, 0.25) is 5.91 Å². The van der Waals surface area contributed by atoms with E-state index in [-0.39, 0.29) is 5.91 Å². The molecule has 0 aliphatic carbocycles. The van der Waals surface area contributed by atoms with Gasteiger partial charge in [-0.1, -0.05) is 13.8 Å². The molecule has 0 saturated heterocycles. The number of amides is 1. The maximum Gasteiger partial charge on any atom is 0.221 e. The molecule has 1 aromatic rings. The van der Waals surface area contributed by atoms with E-state index in [4.69, 9.17) is 0 Å². The van der Waals surface area contributed by atoms with Crippen molar-refractivity contribution in [2.45, 2.75) is 27.2 Å². The molecule has 0 aliphatic rings. The monoisotopic (exact) mass is 221 g/mol. The van der Waals surface area contributed by atoms with Gasteiger partial charge in [-0.3, -0.25) is 4.79 Å². The van der Waals surface area contributed by atoms with E-state index >= 15 is 0 Å². The number of carbonyl (C=O) groups is 1. The van der Waals surface area contributed by atoms with E-state index in [9.17, 15) is 4.79 Å². The number of nitrogens with zero attached hydrogens (tertiary/aromatic N) is 1. The molecule has 0 aromatic carbocycles. The molecule has 0 atom stereocenters. The highest BCUT2D eigenvalue weighted by Crippen LogP contribution is 2.10. The van der Waals surface area contributed by atoms with Crippen molar-refractivity contribution in [2.75, 3.05) is 17.2 Å². The van der Waals surface area contributed by atoms with Gasteiger partial charge < -0.3 is 10.6 Å². The molecule has 0 bridgehead atoms. The van der Waals surface area contributed by atoms with Crippen molar-refractivity contribution < 1.29 is 4.79 Å². The first-order valence-corrected chi connectivity index (χ1v) is 5.55. The third kappa shape index (κ3) is 4.77. The van der Waals surface area contributed by atoms with Crippen LogP contribution in [-0.2, 0) is 4.79 Å².